The minimum absolute atomic E-state index is 0.0207. The summed E-state index contributed by atoms with van der Waals surface area (Å²) in [5, 5.41) is 12.9. The van der Waals surface area contributed by atoms with Crippen LogP contribution in [0.3, 0.4) is 0 Å². The summed E-state index contributed by atoms with van der Waals surface area (Å²) < 4.78 is 31.2. The van der Waals surface area contributed by atoms with Crippen molar-refractivity contribution in [2.24, 2.45) is 0 Å². The summed E-state index contributed by atoms with van der Waals surface area (Å²) in [6, 6.07) is 2.98. The Labute approximate surface area is 123 Å². The van der Waals surface area contributed by atoms with Gasteiger partial charge in [0.05, 0.1) is 13.2 Å². The van der Waals surface area contributed by atoms with Gasteiger partial charge in [0.1, 0.15) is 17.2 Å². The summed E-state index contributed by atoms with van der Waals surface area (Å²) in [6.45, 7) is 3.53. The van der Waals surface area contributed by atoms with Gasteiger partial charge < -0.3 is 9.84 Å². The number of hydrogen-bond donors (Lipinski definition) is 2. The van der Waals surface area contributed by atoms with E-state index in [-0.39, 0.29) is 12.1 Å². The molecule has 0 spiro atoms. The standard InChI is InChI=1S/C15H21F2NO3/c1-4-7-15(2,14(20)21-3)18-9-13(19)11-6-5-10(16)8-12(11)17/h5-6,8,13,18-19H,4,7,9H2,1-3H3. The Morgan fingerprint density at radius 2 is 2.14 bits per heavy atom. The molecule has 0 aromatic heterocycles. The van der Waals surface area contributed by atoms with Gasteiger partial charge in [0, 0.05) is 18.2 Å². The number of benzene rings is 1. The number of carbonyl (C=O) groups is 1. The second-order valence-electron chi connectivity index (χ2n) is 5.14. The largest absolute Gasteiger partial charge is 0.468 e. The van der Waals surface area contributed by atoms with Crippen molar-refractivity contribution in [1.82, 2.24) is 5.32 Å². The zero-order valence-corrected chi connectivity index (χ0v) is 12.5. The van der Waals surface area contributed by atoms with Crippen LogP contribution in [0.5, 0.6) is 0 Å². The Morgan fingerprint density at radius 3 is 2.67 bits per heavy atom. The number of β-amino-alcohol motifs (C(OH)–C–C–N with tert-alkyl or cyclic N) is 1. The smallest absolute Gasteiger partial charge is 0.325 e. The van der Waals surface area contributed by atoms with Crippen molar-refractivity contribution >= 4 is 5.97 Å². The molecule has 0 radical (unpaired) electrons. The van der Waals surface area contributed by atoms with Crippen molar-refractivity contribution in [2.75, 3.05) is 13.7 Å². The molecule has 21 heavy (non-hydrogen) atoms. The van der Waals surface area contributed by atoms with Crippen LogP contribution in [-0.4, -0.2) is 30.3 Å². The summed E-state index contributed by atoms with van der Waals surface area (Å²) in [7, 11) is 1.29. The highest BCUT2D eigenvalue weighted by atomic mass is 19.1. The molecule has 118 valence electrons. The molecule has 4 nitrogen and oxygen atoms in total. The van der Waals surface area contributed by atoms with Crippen LogP contribution in [0, 0.1) is 11.6 Å². The van der Waals surface area contributed by atoms with E-state index in [0.717, 1.165) is 12.5 Å². The van der Waals surface area contributed by atoms with E-state index < -0.39 is 29.2 Å². The van der Waals surface area contributed by atoms with Gasteiger partial charge in [0.2, 0.25) is 0 Å². The summed E-state index contributed by atoms with van der Waals surface area (Å²) in [4.78, 5) is 11.8. The fourth-order valence-corrected chi connectivity index (χ4v) is 2.19. The Hall–Kier alpha value is -1.53. The number of esters is 1. The molecule has 2 atom stereocenters. The molecule has 2 N–H and O–H groups in total. The number of aliphatic hydroxyl groups excluding tert-OH is 1. The average Bonchev–Trinajstić information content (AvgIpc) is 2.44. The van der Waals surface area contributed by atoms with E-state index in [1.54, 1.807) is 6.92 Å². The number of methoxy groups -OCH3 is 1. The van der Waals surface area contributed by atoms with Crippen molar-refractivity contribution in [3.63, 3.8) is 0 Å². The lowest BCUT2D eigenvalue weighted by Gasteiger charge is -2.29. The summed E-state index contributed by atoms with van der Waals surface area (Å²) in [5.41, 5.74) is -0.978. The lowest BCUT2D eigenvalue weighted by atomic mass is 9.95. The molecule has 0 amide bonds. The molecule has 0 saturated carbocycles. The Bertz CT molecular complexity index is 496. The molecular weight excluding hydrogens is 280 g/mol. The van der Waals surface area contributed by atoms with E-state index in [0.29, 0.717) is 12.5 Å². The van der Waals surface area contributed by atoms with Crippen LogP contribution in [0.1, 0.15) is 38.4 Å². The fourth-order valence-electron chi connectivity index (χ4n) is 2.19. The number of nitrogens with one attached hydrogen (secondary N) is 1. The Morgan fingerprint density at radius 1 is 1.48 bits per heavy atom. The van der Waals surface area contributed by atoms with E-state index in [2.05, 4.69) is 5.32 Å². The van der Waals surface area contributed by atoms with E-state index in [9.17, 15) is 18.7 Å². The van der Waals surface area contributed by atoms with Gasteiger partial charge in [-0.3, -0.25) is 10.1 Å². The van der Waals surface area contributed by atoms with Gasteiger partial charge in [-0.2, -0.15) is 0 Å². The van der Waals surface area contributed by atoms with Crippen LogP contribution >= 0.6 is 0 Å². The minimum Gasteiger partial charge on any atom is -0.468 e. The molecule has 0 bridgehead atoms. The normalized spacial score (nSPS) is 15.3. The summed E-state index contributed by atoms with van der Waals surface area (Å²) in [5.74, 6) is -1.97. The Balaban J connectivity index is 2.77. The minimum atomic E-state index is -1.19. The van der Waals surface area contributed by atoms with Crippen molar-refractivity contribution in [2.45, 2.75) is 38.3 Å². The molecule has 0 fully saturated rings. The number of hydrogen-bond acceptors (Lipinski definition) is 4. The molecule has 6 heteroatoms. The quantitative estimate of drug-likeness (QED) is 0.759. The number of carbonyl (C=O) groups excluding carboxylic acids is 1. The van der Waals surface area contributed by atoms with Crippen molar-refractivity contribution in [1.29, 1.82) is 0 Å². The Kier molecular flexibility index (Phi) is 6.23. The third kappa shape index (κ3) is 4.47. The first-order chi connectivity index (χ1) is 9.84. The van der Waals surface area contributed by atoms with Crippen molar-refractivity contribution in [3.05, 3.63) is 35.4 Å². The third-order valence-corrected chi connectivity index (χ3v) is 3.39. The van der Waals surface area contributed by atoms with Crippen LogP contribution in [0.4, 0.5) is 8.78 Å². The molecule has 2 unspecified atom stereocenters. The maximum absolute atomic E-state index is 13.6. The van der Waals surface area contributed by atoms with Gasteiger partial charge in [-0.15, -0.1) is 0 Å². The maximum atomic E-state index is 13.6. The molecule has 1 aromatic rings. The van der Waals surface area contributed by atoms with Gasteiger partial charge in [-0.05, 0) is 19.4 Å². The molecule has 0 saturated heterocycles. The highest BCUT2D eigenvalue weighted by Crippen LogP contribution is 2.20. The zero-order valence-electron chi connectivity index (χ0n) is 12.5. The van der Waals surface area contributed by atoms with E-state index in [4.69, 9.17) is 4.74 Å². The second-order valence-corrected chi connectivity index (χ2v) is 5.14. The zero-order chi connectivity index (χ0) is 16.0. The summed E-state index contributed by atoms with van der Waals surface area (Å²) >= 11 is 0. The molecule has 0 aliphatic carbocycles. The molecule has 1 aromatic carbocycles. The van der Waals surface area contributed by atoms with Crippen LogP contribution in [0.2, 0.25) is 0 Å². The van der Waals surface area contributed by atoms with Gasteiger partial charge in [-0.1, -0.05) is 19.4 Å². The number of ether oxygens (including phenoxy) is 1. The maximum Gasteiger partial charge on any atom is 0.325 e. The topological polar surface area (TPSA) is 58.6 Å². The van der Waals surface area contributed by atoms with Crippen molar-refractivity contribution in [3.8, 4) is 0 Å². The SMILES string of the molecule is CCCC(C)(NCC(O)c1ccc(F)cc1F)C(=O)OC. The summed E-state index contributed by atoms with van der Waals surface area (Å²) in [6.07, 6.45) is 0.0594. The molecule has 1 rings (SSSR count). The van der Waals surface area contributed by atoms with Gasteiger partial charge >= 0.3 is 5.97 Å². The highest BCUT2D eigenvalue weighted by Gasteiger charge is 2.33. The monoisotopic (exact) mass is 301 g/mol. The van der Waals surface area contributed by atoms with Crippen LogP contribution < -0.4 is 5.32 Å². The first kappa shape index (κ1) is 17.5. The van der Waals surface area contributed by atoms with Gasteiger partial charge in [-0.25, -0.2) is 8.78 Å². The predicted molar refractivity (Wildman–Crippen MR) is 74.6 cm³/mol. The number of rotatable bonds is 7. The third-order valence-electron chi connectivity index (χ3n) is 3.39. The number of aliphatic hydroxyl groups is 1. The van der Waals surface area contributed by atoms with E-state index in [1.807, 2.05) is 6.92 Å². The molecular formula is C15H21F2NO3. The van der Waals surface area contributed by atoms with E-state index in [1.165, 1.54) is 13.2 Å². The lowest BCUT2D eigenvalue weighted by Crippen LogP contribution is -2.51. The predicted octanol–water partition coefficient (Wildman–Crippen LogP) is 2.32. The lowest BCUT2D eigenvalue weighted by molar-refractivity contribution is -0.148. The molecule has 0 heterocycles. The molecule has 0 aliphatic heterocycles. The first-order valence-corrected chi connectivity index (χ1v) is 6.80. The second kappa shape index (κ2) is 7.47. The molecule has 0 aliphatic rings. The van der Waals surface area contributed by atoms with Gasteiger partial charge in [0.15, 0.2) is 0 Å². The first-order valence-electron chi connectivity index (χ1n) is 6.80. The van der Waals surface area contributed by atoms with Crippen LogP contribution in [-0.2, 0) is 9.53 Å². The van der Waals surface area contributed by atoms with Crippen molar-refractivity contribution < 1.29 is 23.4 Å². The fraction of sp³-hybridized carbons (Fsp3) is 0.533. The average molecular weight is 301 g/mol. The number of halogens is 2. The van der Waals surface area contributed by atoms with Crippen LogP contribution in [0.15, 0.2) is 18.2 Å². The van der Waals surface area contributed by atoms with Gasteiger partial charge in [0.25, 0.3) is 0 Å². The van der Waals surface area contributed by atoms with E-state index >= 15 is 0 Å². The highest BCUT2D eigenvalue weighted by molar-refractivity contribution is 5.80. The van der Waals surface area contributed by atoms with Crippen LogP contribution in [0.25, 0.3) is 0 Å².